The number of carbonyl (C=O) groups is 2. The van der Waals surface area contributed by atoms with E-state index in [4.69, 9.17) is 31.9 Å². The van der Waals surface area contributed by atoms with E-state index < -0.39 is 11.9 Å². The van der Waals surface area contributed by atoms with Crippen LogP contribution < -0.4 is 20.5 Å². The molecule has 0 saturated carbocycles. The molecule has 4 N–H and O–H groups in total. The second-order valence-corrected chi connectivity index (χ2v) is 8.80. The molecule has 1 amide bonds. The average molecular weight is 530 g/mol. The van der Waals surface area contributed by atoms with Crippen LogP contribution in [-0.2, 0) is 4.79 Å². The highest BCUT2D eigenvalue weighted by atomic mass is 35.5. The van der Waals surface area contributed by atoms with Gasteiger partial charge in [0.2, 0.25) is 0 Å². The zero-order chi connectivity index (χ0) is 27.5. The minimum Gasteiger partial charge on any atom is -0.497 e. The topological polar surface area (TPSA) is 114 Å². The van der Waals surface area contributed by atoms with Gasteiger partial charge in [-0.15, -0.1) is 0 Å². The molecule has 3 aromatic rings. The van der Waals surface area contributed by atoms with Crippen molar-refractivity contribution >= 4 is 39.9 Å². The van der Waals surface area contributed by atoms with E-state index in [0.29, 0.717) is 28.6 Å². The first-order valence-electron chi connectivity index (χ1n) is 12.1. The summed E-state index contributed by atoms with van der Waals surface area (Å²) in [5.74, 6) is -0.279. The summed E-state index contributed by atoms with van der Waals surface area (Å²) in [6.07, 6.45) is 0. The van der Waals surface area contributed by atoms with Crippen molar-refractivity contribution in [3.05, 3.63) is 64.7 Å². The Morgan fingerprint density at radius 3 is 2.27 bits per heavy atom. The number of anilines is 1. The normalized spacial score (nSPS) is 11.4. The summed E-state index contributed by atoms with van der Waals surface area (Å²) in [6, 6.07) is 14.5. The lowest BCUT2D eigenvalue weighted by atomic mass is 9.98. The number of rotatable bonds is 10. The number of nitrogen functional groups attached to an aromatic ring is 1. The summed E-state index contributed by atoms with van der Waals surface area (Å²) < 4.78 is 10.3. The molecule has 0 saturated heterocycles. The molecule has 0 unspecified atom stereocenters. The van der Waals surface area contributed by atoms with Gasteiger partial charge >= 0.3 is 5.97 Å². The Hall–Kier alpha value is -3.49. The molecule has 3 rings (SSSR count). The predicted octanol–water partition coefficient (Wildman–Crippen LogP) is 5.04. The molecule has 1 atom stereocenters. The Morgan fingerprint density at radius 2 is 1.68 bits per heavy atom. The Morgan fingerprint density at radius 1 is 1.03 bits per heavy atom. The van der Waals surface area contributed by atoms with Crippen LogP contribution in [0.1, 0.15) is 42.6 Å². The monoisotopic (exact) mass is 529 g/mol. The molecule has 8 nitrogen and oxygen atoms in total. The smallest absolute Gasteiger partial charge is 0.310 e. The minimum atomic E-state index is -0.808. The van der Waals surface area contributed by atoms with Crippen molar-refractivity contribution < 1.29 is 24.2 Å². The summed E-state index contributed by atoms with van der Waals surface area (Å²) in [6.45, 7) is 9.18. The molecule has 3 aromatic carbocycles. The van der Waals surface area contributed by atoms with Gasteiger partial charge in [0, 0.05) is 19.2 Å². The molecule has 9 heteroatoms. The van der Waals surface area contributed by atoms with Gasteiger partial charge in [-0.2, -0.15) is 0 Å². The zero-order valence-electron chi connectivity index (χ0n) is 22.0. The lowest BCUT2D eigenvalue weighted by Gasteiger charge is -2.18. The number of nitrogens with two attached hydrogens (primary N) is 1. The van der Waals surface area contributed by atoms with Crippen LogP contribution in [0.2, 0.25) is 5.02 Å². The van der Waals surface area contributed by atoms with E-state index in [0.717, 1.165) is 41.7 Å². The van der Waals surface area contributed by atoms with Crippen molar-refractivity contribution in [1.82, 2.24) is 10.2 Å². The van der Waals surface area contributed by atoms with E-state index in [-0.39, 0.29) is 5.91 Å². The molecule has 0 radical (unpaired) electrons. The van der Waals surface area contributed by atoms with Gasteiger partial charge in [-0.25, -0.2) is 0 Å². The van der Waals surface area contributed by atoms with E-state index >= 15 is 0 Å². The van der Waals surface area contributed by atoms with E-state index in [1.807, 2.05) is 36.4 Å². The number of hydrogen-bond donors (Lipinski definition) is 3. The molecule has 200 valence electrons. The number of fused-ring (bicyclic) bond motifs is 1. The van der Waals surface area contributed by atoms with Crippen molar-refractivity contribution in [2.75, 3.05) is 46.1 Å². The van der Waals surface area contributed by atoms with Crippen LogP contribution in [0.15, 0.2) is 48.5 Å². The van der Waals surface area contributed by atoms with Crippen LogP contribution in [0.5, 0.6) is 11.5 Å². The Labute approximate surface area is 223 Å². The third-order valence-corrected chi connectivity index (χ3v) is 6.44. The fourth-order valence-electron chi connectivity index (χ4n) is 3.66. The second-order valence-electron chi connectivity index (χ2n) is 8.39. The highest BCUT2D eigenvalue weighted by molar-refractivity contribution is 6.33. The number of likely N-dealkylation sites (N-methyl/N-ethyl adjacent to an activating group) is 1. The molecule has 0 spiro atoms. The van der Waals surface area contributed by atoms with Crippen molar-refractivity contribution in [3.63, 3.8) is 0 Å². The lowest BCUT2D eigenvalue weighted by molar-refractivity contribution is -0.138. The number of carboxylic acids is 1. The number of amides is 1. The van der Waals surface area contributed by atoms with Crippen LogP contribution in [-0.4, -0.2) is 62.3 Å². The van der Waals surface area contributed by atoms with Crippen molar-refractivity contribution in [2.24, 2.45) is 0 Å². The number of carboxylic acid groups (broad SMARTS) is 1. The first-order valence-corrected chi connectivity index (χ1v) is 12.5. The lowest BCUT2D eigenvalue weighted by Crippen LogP contribution is -2.34. The summed E-state index contributed by atoms with van der Waals surface area (Å²) >= 11 is 5.95. The molecule has 37 heavy (non-hydrogen) atoms. The van der Waals surface area contributed by atoms with Crippen molar-refractivity contribution in [1.29, 1.82) is 0 Å². The average Bonchev–Trinajstić information content (AvgIpc) is 2.91. The number of carbonyl (C=O) groups excluding carboxylic acids is 1. The fourth-order valence-corrected chi connectivity index (χ4v) is 3.82. The number of hydrogen-bond acceptors (Lipinski definition) is 6. The first kappa shape index (κ1) is 29.7. The third kappa shape index (κ3) is 8.27. The molecule has 0 heterocycles. The van der Waals surface area contributed by atoms with E-state index in [1.165, 1.54) is 13.2 Å². The van der Waals surface area contributed by atoms with Gasteiger partial charge in [0.05, 0.1) is 36.4 Å². The Kier molecular flexibility index (Phi) is 11.5. The Bertz CT molecular complexity index is 1210. The summed E-state index contributed by atoms with van der Waals surface area (Å²) in [5, 5.41) is 14.2. The van der Waals surface area contributed by atoms with E-state index in [1.54, 1.807) is 20.1 Å². The highest BCUT2D eigenvalue weighted by Crippen LogP contribution is 2.29. The third-order valence-electron chi connectivity index (χ3n) is 6.11. The number of nitrogens with zero attached hydrogens (tertiary/aromatic N) is 1. The molecule has 0 aliphatic heterocycles. The minimum absolute atomic E-state index is 0.212. The predicted molar refractivity (Wildman–Crippen MR) is 149 cm³/mol. The highest BCUT2D eigenvalue weighted by Gasteiger charge is 2.15. The van der Waals surface area contributed by atoms with Crippen LogP contribution >= 0.6 is 11.6 Å². The number of benzene rings is 3. The van der Waals surface area contributed by atoms with Crippen LogP contribution in [0.4, 0.5) is 5.69 Å². The standard InChI is InChI=1S/C14H22ClN3O2.C14H14O3/c1-4-18(5-2)7-6-17-14(19)10-8-11(15)12(16)9-13(10)20-3;1-9(14(15)16)10-3-4-12-8-13(17-2)6-5-11(12)7-10/h8-9H,4-7,16H2,1-3H3,(H,17,19);3-9H,1-2H3,(H,15,16)/t;9-/m.0/s1. The molecule has 0 fully saturated rings. The second kappa shape index (κ2) is 14.3. The maximum atomic E-state index is 12.1. The van der Waals surface area contributed by atoms with Crippen LogP contribution in [0.25, 0.3) is 10.8 Å². The maximum Gasteiger partial charge on any atom is 0.310 e. The summed E-state index contributed by atoms with van der Waals surface area (Å²) in [4.78, 5) is 25.3. The maximum absolute atomic E-state index is 12.1. The SMILES string of the molecule is CCN(CC)CCNC(=O)c1cc(Cl)c(N)cc1OC.COc1ccc2cc([C@H](C)C(=O)O)ccc2c1. The van der Waals surface area contributed by atoms with Gasteiger partial charge in [0.25, 0.3) is 5.91 Å². The number of nitrogens with one attached hydrogen (secondary N) is 1. The number of methoxy groups -OCH3 is 2. The number of halogens is 1. The van der Waals surface area contributed by atoms with Crippen molar-refractivity contribution in [3.8, 4) is 11.5 Å². The van der Waals surface area contributed by atoms with Crippen molar-refractivity contribution in [2.45, 2.75) is 26.7 Å². The zero-order valence-corrected chi connectivity index (χ0v) is 22.8. The first-order chi connectivity index (χ1) is 17.6. The molecule has 0 aliphatic carbocycles. The van der Waals surface area contributed by atoms with E-state index in [2.05, 4.69) is 24.1 Å². The van der Waals surface area contributed by atoms with E-state index in [9.17, 15) is 9.59 Å². The van der Waals surface area contributed by atoms with Gasteiger partial charge in [-0.1, -0.05) is 49.7 Å². The van der Waals surface area contributed by atoms with Crippen LogP contribution in [0.3, 0.4) is 0 Å². The fraction of sp³-hybridized carbons (Fsp3) is 0.357. The largest absolute Gasteiger partial charge is 0.497 e. The van der Waals surface area contributed by atoms with Gasteiger partial charge in [-0.3, -0.25) is 9.59 Å². The molecule has 0 bridgehead atoms. The molecule has 0 aromatic heterocycles. The molecule has 0 aliphatic rings. The van der Waals surface area contributed by atoms with Gasteiger partial charge < -0.3 is 30.5 Å². The quantitative estimate of drug-likeness (QED) is 0.315. The number of ether oxygens (including phenoxy) is 2. The Balaban J connectivity index is 0.000000263. The summed E-state index contributed by atoms with van der Waals surface area (Å²) in [5.41, 5.74) is 7.29. The molecular formula is C28H36ClN3O5. The summed E-state index contributed by atoms with van der Waals surface area (Å²) in [7, 11) is 3.12. The number of aliphatic carboxylic acids is 1. The van der Waals surface area contributed by atoms with Gasteiger partial charge in [0.15, 0.2) is 0 Å². The van der Waals surface area contributed by atoms with Gasteiger partial charge in [-0.05, 0) is 54.5 Å². The van der Waals surface area contributed by atoms with Gasteiger partial charge in [0.1, 0.15) is 11.5 Å². The van der Waals surface area contributed by atoms with Crippen LogP contribution in [0, 0.1) is 0 Å². The molecular weight excluding hydrogens is 494 g/mol.